The highest BCUT2D eigenvalue weighted by molar-refractivity contribution is 5.75. The largest absolute Gasteiger partial charge is 0.375 e. The summed E-state index contributed by atoms with van der Waals surface area (Å²) >= 11 is 0. The van der Waals surface area contributed by atoms with Gasteiger partial charge in [0.05, 0.1) is 30.6 Å². The first-order valence-corrected chi connectivity index (χ1v) is 9.55. The maximum Gasteiger partial charge on any atom is 0.219 e. The van der Waals surface area contributed by atoms with E-state index in [0.29, 0.717) is 26.1 Å². The summed E-state index contributed by atoms with van der Waals surface area (Å²) in [6, 6.07) is 0. The van der Waals surface area contributed by atoms with Gasteiger partial charge in [-0.05, 0) is 47.0 Å². The number of hydrogen-bond donors (Lipinski definition) is 1. The third-order valence-electron chi connectivity index (χ3n) is 4.37. The summed E-state index contributed by atoms with van der Waals surface area (Å²) in [6.45, 7) is 12.2. The van der Waals surface area contributed by atoms with E-state index in [4.69, 9.17) is 9.47 Å². The molecule has 1 N–H and O–H groups in total. The van der Waals surface area contributed by atoms with Crippen LogP contribution >= 0.6 is 0 Å². The number of carbonyl (C=O) groups excluding carboxylic acids is 1. The highest BCUT2D eigenvalue weighted by Crippen LogP contribution is 2.21. The molecule has 1 rings (SSSR count). The Labute approximate surface area is 157 Å². The number of nitrogens with one attached hydrogen (secondary N) is 1. The van der Waals surface area contributed by atoms with Gasteiger partial charge in [-0.1, -0.05) is 18.6 Å². The fourth-order valence-corrected chi connectivity index (χ4v) is 2.36. The summed E-state index contributed by atoms with van der Waals surface area (Å²) in [7, 11) is 1.65. The number of aromatic nitrogens is 3. The minimum atomic E-state index is -0.329. The molecule has 0 saturated carbocycles. The van der Waals surface area contributed by atoms with Crippen LogP contribution in [0.25, 0.3) is 0 Å². The number of ether oxygens (including phenoxy) is 2. The van der Waals surface area contributed by atoms with Gasteiger partial charge in [0.25, 0.3) is 0 Å². The van der Waals surface area contributed by atoms with Gasteiger partial charge >= 0.3 is 0 Å². The number of aryl methyl sites for hydroxylation is 1. The van der Waals surface area contributed by atoms with Crippen molar-refractivity contribution in [3.8, 4) is 0 Å². The number of rotatable bonds is 13. The second kappa shape index (κ2) is 10.6. The van der Waals surface area contributed by atoms with E-state index in [1.54, 1.807) is 7.05 Å². The van der Waals surface area contributed by atoms with Crippen molar-refractivity contribution in [3.63, 3.8) is 0 Å². The molecule has 0 radical (unpaired) electrons. The molecule has 7 nitrogen and oxygen atoms in total. The van der Waals surface area contributed by atoms with Gasteiger partial charge in [0.2, 0.25) is 5.91 Å². The second-order valence-electron chi connectivity index (χ2n) is 7.91. The van der Waals surface area contributed by atoms with Crippen molar-refractivity contribution in [2.45, 2.75) is 91.1 Å². The number of nitrogens with zero attached hydrogens (tertiary/aromatic N) is 3. The number of amides is 1. The Morgan fingerprint density at radius 1 is 1.19 bits per heavy atom. The standard InChI is InChI=1S/C19H36N4O3/c1-7-8-12-23-14-16(21-22-23)15-26-19(4,5)11-13-25-18(2,3)10-9-17(24)20-6/h14H,7-13,15H2,1-6H3,(H,20,24). The maximum atomic E-state index is 11.4. The van der Waals surface area contributed by atoms with E-state index >= 15 is 0 Å². The zero-order chi connectivity index (χ0) is 19.6. The predicted octanol–water partition coefficient (Wildman–Crippen LogP) is 3.08. The van der Waals surface area contributed by atoms with E-state index < -0.39 is 0 Å². The molecular weight excluding hydrogens is 332 g/mol. The van der Waals surface area contributed by atoms with Crippen LogP contribution in [0.2, 0.25) is 0 Å². The minimum Gasteiger partial charge on any atom is -0.375 e. The molecule has 0 aromatic carbocycles. The summed E-state index contributed by atoms with van der Waals surface area (Å²) in [5.74, 6) is 0.0392. The fourth-order valence-electron chi connectivity index (χ4n) is 2.36. The molecule has 0 unspecified atom stereocenters. The van der Waals surface area contributed by atoms with Crippen LogP contribution < -0.4 is 5.32 Å². The molecular formula is C19H36N4O3. The first kappa shape index (κ1) is 22.6. The van der Waals surface area contributed by atoms with Crippen molar-refractivity contribution < 1.29 is 14.3 Å². The van der Waals surface area contributed by atoms with Crippen LogP contribution in [0.5, 0.6) is 0 Å². The molecule has 0 aliphatic heterocycles. The highest BCUT2D eigenvalue weighted by Gasteiger charge is 2.23. The lowest BCUT2D eigenvalue weighted by Crippen LogP contribution is -2.32. The highest BCUT2D eigenvalue weighted by atomic mass is 16.5. The number of hydrogen-bond acceptors (Lipinski definition) is 5. The molecule has 26 heavy (non-hydrogen) atoms. The Balaban J connectivity index is 2.32. The van der Waals surface area contributed by atoms with Crippen LogP contribution in [0.1, 0.15) is 72.4 Å². The molecule has 0 spiro atoms. The summed E-state index contributed by atoms with van der Waals surface area (Å²) in [4.78, 5) is 11.4. The third kappa shape index (κ3) is 9.29. The monoisotopic (exact) mass is 368 g/mol. The lowest BCUT2D eigenvalue weighted by molar-refractivity contribution is -0.123. The molecule has 1 heterocycles. The van der Waals surface area contributed by atoms with Crippen molar-refractivity contribution in [3.05, 3.63) is 11.9 Å². The SMILES string of the molecule is CCCCn1cc(COC(C)(C)CCOC(C)(C)CCC(=O)NC)nn1. The van der Waals surface area contributed by atoms with Gasteiger partial charge < -0.3 is 14.8 Å². The van der Waals surface area contributed by atoms with Crippen molar-refractivity contribution in [2.24, 2.45) is 0 Å². The van der Waals surface area contributed by atoms with Crippen LogP contribution in [0.15, 0.2) is 6.20 Å². The number of carbonyl (C=O) groups is 1. The first-order chi connectivity index (χ1) is 12.2. The quantitative estimate of drug-likeness (QED) is 0.579. The van der Waals surface area contributed by atoms with Crippen LogP contribution in [0.4, 0.5) is 0 Å². The van der Waals surface area contributed by atoms with Gasteiger partial charge in [-0.3, -0.25) is 9.48 Å². The van der Waals surface area contributed by atoms with E-state index in [2.05, 4.69) is 36.4 Å². The van der Waals surface area contributed by atoms with Gasteiger partial charge in [0.15, 0.2) is 0 Å². The average molecular weight is 369 g/mol. The summed E-state index contributed by atoms with van der Waals surface area (Å²) in [5.41, 5.74) is 0.204. The second-order valence-corrected chi connectivity index (χ2v) is 7.91. The molecule has 1 aromatic rings. The Morgan fingerprint density at radius 2 is 1.88 bits per heavy atom. The average Bonchev–Trinajstić information content (AvgIpc) is 3.04. The van der Waals surface area contributed by atoms with Gasteiger partial charge in [-0.2, -0.15) is 0 Å². The Morgan fingerprint density at radius 3 is 2.54 bits per heavy atom. The fraction of sp³-hybridized carbons (Fsp3) is 0.842. The van der Waals surface area contributed by atoms with Crippen molar-refractivity contribution in [1.29, 1.82) is 0 Å². The Kier molecular flexibility index (Phi) is 9.22. The van der Waals surface area contributed by atoms with Crippen LogP contribution in [0, 0.1) is 0 Å². The van der Waals surface area contributed by atoms with Crippen molar-refractivity contribution in [2.75, 3.05) is 13.7 Å². The maximum absolute atomic E-state index is 11.4. The van der Waals surface area contributed by atoms with Crippen LogP contribution in [-0.2, 0) is 27.4 Å². The van der Waals surface area contributed by atoms with E-state index in [1.165, 1.54) is 0 Å². The van der Waals surface area contributed by atoms with Crippen LogP contribution in [0.3, 0.4) is 0 Å². The lowest BCUT2D eigenvalue weighted by atomic mass is 10.0. The van der Waals surface area contributed by atoms with E-state index in [1.807, 2.05) is 24.7 Å². The normalized spacial score (nSPS) is 12.4. The Bertz CT molecular complexity index is 541. The lowest BCUT2D eigenvalue weighted by Gasteiger charge is -2.29. The van der Waals surface area contributed by atoms with Crippen molar-refractivity contribution in [1.82, 2.24) is 20.3 Å². The molecule has 1 aromatic heterocycles. The van der Waals surface area contributed by atoms with E-state index in [0.717, 1.165) is 31.5 Å². The summed E-state index contributed by atoms with van der Waals surface area (Å²) < 4.78 is 13.8. The smallest absolute Gasteiger partial charge is 0.219 e. The summed E-state index contributed by atoms with van der Waals surface area (Å²) in [6.07, 6.45) is 6.11. The third-order valence-corrected chi connectivity index (χ3v) is 4.37. The zero-order valence-corrected chi connectivity index (χ0v) is 17.3. The molecule has 1 amide bonds. The van der Waals surface area contributed by atoms with Gasteiger partial charge in [0.1, 0.15) is 5.69 Å². The molecule has 0 aliphatic carbocycles. The van der Waals surface area contributed by atoms with E-state index in [9.17, 15) is 4.79 Å². The zero-order valence-electron chi connectivity index (χ0n) is 17.3. The van der Waals surface area contributed by atoms with Gasteiger partial charge in [-0.15, -0.1) is 5.10 Å². The van der Waals surface area contributed by atoms with E-state index in [-0.39, 0.29) is 17.1 Å². The molecule has 0 fully saturated rings. The van der Waals surface area contributed by atoms with Crippen LogP contribution in [-0.4, -0.2) is 45.8 Å². The predicted molar refractivity (Wildman–Crippen MR) is 102 cm³/mol. The molecule has 150 valence electrons. The topological polar surface area (TPSA) is 78.3 Å². The molecule has 0 saturated heterocycles. The van der Waals surface area contributed by atoms with Gasteiger partial charge in [-0.25, -0.2) is 0 Å². The number of unbranched alkanes of at least 4 members (excludes halogenated alkanes) is 1. The molecule has 0 aliphatic rings. The summed E-state index contributed by atoms with van der Waals surface area (Å²) in [5, 5.41) is 10.9. The first-order valence-electron chi connectivity index (χ1n) is 9.55. The molecule has 0 bridgehead atoms. The van der Waals surface area contributed by atoms with Crippen molar-refractivity contribution >= 4 is 5.91 Å². The molecule has 7 heteroatoms. The Hall–Kier alpha value is -1.47. The minimum absolute atomic E-state index is 0.0392. The van der Waals surface area contributed by atoms with Gasteiger partial charge in [0, 0.05) is 20.0 Å². The molecule has 0 atom stereocenters.